The molecule has 0 saturated carbocycles. The molecule has 0 spiro atoms. The molecule has 8 nitrogen and oxygen atoms in total. The number of fused-ring (bicyclic) bond motifs is 1. The summed E-state index contributed by atoms with van der Waals surface area (Å²) >= 11 is 3.40. The molecule has 4 rings (SSSR count). The second-order valence-electron chi connectivity index (χ2n) is 6.73. The van der Waals surface area contributed by atoms with E-state index < -0.39 is 11.2 Å². The molecule has 0 radical (unpaired) electrons. The van der Waals surface area contributed by atoms with E-state index in [-0.39, 0.29) is 0 Å². The summed E-state index contributed by atoms with van der Waals surface area (Å²) in [4.78, 5) is 31.3. The van der Waals surface area contributed by atoms with Gasteiger partial charge < -0.3 is 4.57 Å². The van der Waals surface area contributed by atoms with Crippen LogP contribution in [0.1, 0.15) is 11.1 Å². The van der Waals surface area contributed by atoms with Crippen molar-refractivity contribution in [1.82, 2.24) is 19.1 Å². The zero-order valence-corrected chi connectivity index (χ0v) is 17.8. The van der Waals surface area contributed by atoms with Crippen LogP contribution in [0, 0.1) is 0 Å². The number of aryl methyl sites for hydroxylation is 3. The van der Waals surface area contributed by atoms with Gasteiger partial charge in [0.25, 0.3) is 5.56 Å². The first-order valence-electron chi connectivity index (χ1n) is 9.31. The highest BCUT2D eigenvalue weighted by molar-refractivity contribution is 9.10. The molecule has 0 atom stereocenters. The van der Waals surface area contributed by atoms with Crippen LogP contribution in [-0.2, 0) is 20.0 Å². The van der Waals surface area contributed by atoms with Crippen molar-refractivity contribution in [3.8, 4) is 0 Å². The van der Waals surface area contributed by atoms with Gasteiger partial charge in [0.2, 0.25) is 5.95 Å². The topological polar surface area (TPSA) is 97.1 Å². The van der Waals surface area contributed by atoms with Crippen molar-refractivity contribution in [2.24, 2.45) is 12.1 Å². The molecule has 0 fully saturated rings. The van der Waals surface area contributed by atoms with E-state index in [9.17, 15) is 9.59 Å². The summed E-state index contributed by atoms with van der Waals surface area (Å²) < 4.78 is 4.05. The van der Waals surface area contributed by atoms with Crippen LogP contribution in [0.15, 0.2) is 73.8 Å². The lowest BCUT2D eigenvalue weighted by Gasteiger charge is -2.08. The highest BCUT2D eigenvalue weighted by atomic mass is 79.9. The van der Waals surface area contributed by atoms with Gasteiger partial charge >= 0.3 is 5.69 Å². The summed E-state index contributed by atoms with van der Waals surface area (Å²) in [6, 6.07) is 17.6. The van der Waals surface area contributed by atoms with Crippen molar-refractivity contribution >= 4 is 39.3 Å². The maximum Gasteiger partial charge on any atom is 0.329 e. The monoisotopic (exact) mass is 466 g/mol. The van der Waals surface area contributed by atoms with Crippen molar-refractivity contribution in [1.29, 1.82) is 0 Å². The maximum absolute atomic E-state index is 12.5. The molecule has 0 amide bonds. The molecule has 9 heteroatoms. The first-order chi connectivity index (χ1) is 14.5. The molecule has 0 aliphatic heterocycles. The molecular formula is C21H19BrN6O2. The Kier molecular flexibility index (Phi) is 5.62. The van der Waals surface area contributed by atoms with Gasteiger partial charge in [0.15, 0.2) is 11.2 Å². The quantitative estimate of drug-likeness (QED) is 0.337. The number of aromatic amines is 1. The van der Waals surface area contributed by atoms with Crippen LogP contribution in [0.5, 0.6) is 0 Å². The van der Waals surface area contributed by atoms with Crippen molar-refractivity contribution in [2.75, 3.05) is 5.43 Å². The van der Waals surface area contributed by atoms with Gasteiger partial charge in [-0.3, -0.25) is 14.3 Å². The second-order valence-corrected chi connectivity index (χ2v) is 7.65. The number of hydrogen-bond acceptors (Lipinski definition) is 5. The molecule has 0 aliphatic rings. The minimum absolute atomic E-state index is 0.304. The molecule has 152 valence electrons. The maximum atomic E-state index is 12.5. The molecule has 2 aromatic heterocycles. The van der Waals surface area contributed by atoms with E-state index in [1.54, 1.807) is 17.8 Å². The average molecular weight is 467 g/mol. The van der Waals surface area contributed by atoms with Gasteiger partial charge in [0, 0.05) is 18.1 Å². The van der Waals surface area contributed by atoms with E-state index in [0.717, 1.165) is 15.6 Å². The first kappa shape index (κ1) is 19.8. The second kappa shape index (κ2) is 8.50. The number of hydrogen-bond donors (Lipinski definition) is 2. The Hall–Kier alpha value is -3.46. The van der Waals surface area contributed by atoms with Gasteiger partial charge in [0.05, 0.1) is 6.21 Å². The molecule has 0 aliphatic carbocycles. The number of benzene rings is 2. The fourth-order valence-electron chi connectivity index (χ4n) is 3.14. The Bertz CT molecular complexity index is 1320. The number of aromatic nitrogens is 4. The van der Waals surface area contributed by atoms with Gasteiger partial charge in [-0.1, -0.05) is 58.4 Å². The molecule has 0 unspecified atom stereocenters. The summed E-state index contributed by atoms with van der Waals surface area (Å²) in [5, 5.41) is 4.26. The van der Waals surface area contributed by atoms with Crippen molar-refractivity contribution < 1.29 is 0 Å². The van der Waals surface area contributed by atoms with E-state index in [1.165, 1.54) is 4.57 Å². The summed E-state index contributed by atoms with van der Waals surface area (Å²) in [6.45, 7) is 0.498. The van der Waals surface area contributed by atoms with Crippen LogP contribution in [0.2, 0.25) is 0 Å². The van der Waals surface area contributed by atoms with Gasteiger partial charge in [-0.15, -0.1) is 0 Å². The summed E-state index contributed by atoms with van der Waals surface area (Å²) in [5.74, 6) is 0.390. The predicted octanol–water partition coefficient (Wildman–Crippen LogP) is 2.87. The Morgan fingerprint density at radius 3 is 2.60 bits per heavy atom. The molecular weight excluding hydrogens is 448 g/mol. The predicted molar refractivity (Wildman–Crippen MR) is 121 cm³/mol. The summed E-state index contributed by atoms with van der Waals surface area (Å²) in [5.41, 5.74) is 4.60. The number of nitrogens with zero attached hydrogens (tertiary/aromatic N) is 4. The Morgan fingerprint density at radius 1 is 1.13 bits per heavy atom. The number of anilines is 1. The van der Waals surface area contributed by atoms with E-state index in [2.05, 4.69) is 36.4 Å². The molecule has 0 bridgehead atoms. The first-order valence-corrected chi connectivity index (χ1v) is 10.1. The van der Waals surface area contributed by atoms with Gasteiger partial charge in [-0.2, -0.15) is 10.1 Å². The van der Waals surface area contributed by atoms with Gasteiger partial charge in [0.1, 0.15) is 0 Å². The lowest BCUT2D eigenvalue weighted by Crippen LogP contribution is -2.29. The van der Waals surface area contributed by atoms with Crippen LogP contribution >= 0.6 is 15.9 Å². The van der Waals surface area contributed by atoms with Crippen LogP contribution < -0.4 is 16.7 Å². The van der Waals surface area contributed by atoms with Crippen molar-refractivity contribution in [2.45, 2.75) is 13.0 Å². The van der Waals surface area contributed by atoms with Gasteiger partial charge in [-0.05, 0) is 29.7 Å². The van der Waals surface area contributed by atoms with E-state index >= 15 is 0 Å². The van der Waals surface area contributed by atoms with Crippen molar-refractivity contribution in [3.05, 3.63) is 91.0 Å². The lowest BCUT2D eigenvalue weighted by molar-refractivity contribution is 0.716. The Labute approximate surface area is 180 Å². The number of imidazole rings is 1. The lowest BCUT2D eigenvalue weighted by atomic mass is 10.1. The average Bonchev–Trinajstić information content (AvgIpc) is 3.12. The highest BCUT2D eigenvalue weighted by Gasteiger charge is 2.17. The summed E-state index contributed by atoms with van der Waals surface area (Å²) in [7, 11) is 1.57. The smallest absolute Gasteiger partial charge is 0.303 e. The fourth-order valence-corrected chi connectivity index (χ4v) is 3.40. The van der Waals surface area contributed by atoms with E-state index in [4.69, 9.17) is 0 Å². The highest BCUT2D eigenvalue weighted by Crippen LogP contribution is 2.17. The van der Waals surface area contributed by atoms with Gasteiger partial charge in [-0.25, -0.2) is 10.2 Å². The van der Waals surface area contributed by atoms with Crippen LogP contribution in [0.25, 0.3) is 11.2 Å². The SMILES string of the molecule is Cn1c(=O)[nH]c(=O)c2c1nc(N/N=C/c1ccc(Br)cc1)n2CCc1ccccc1. The zero-order chi connectivity index (χ0) is 21.1. The molecule has 2 N–H and O–H groups in total. The number of rotatable bonds is 6. The minimum atomic E-state index is -0.509. The number of hydrazone groups is 1. The molecule has 2 heterocycles. The Morgan fingerprint density at radius 2 is 1.87 bits per heavy atom. The Balaban J connectivity index is 1.70. The molecule has 0 saturated heterocycles. The third kappa shape index (κ3) is 4.11. The number of H-pyrrole nitrogens is 1. The molecule has 4 aromatic rings. The van der Waals surface area contributed by atoms with E-state index in [0.29, 0.717) is 30.1 Å². The van der Waals surface area contributed by atoms with Crippen molar-refractivity contribution in [3.63, 3.8) is 0 Å². The number of nitrogens with one attached hydrogen (secondary N) is 2. The zero-order valence-electron chi connectivity index (χ0n) is 16.2. The van der Waals surface area contributed by atoms with Crippen LogP contribution in [0.3, 0.4) is 0 Å². The molecule has 30 heavy (non-hydrogen) atoms. The van der Waals surface area contributed by atoms with Crippen LogP contribution in [0.4, 0.5) is 5.95 Å². The normalized spacial score (nSPS) is 11.4. The largest absolute Gasteiger partial charge is 0.329 e. The number of halogens is 1. The third-order valence-electron chi connectivity index (χ3n) is 4.72. The fraction of sp³-hybridized carbons (Fsp3) is 0.143. The summed E-state index contributed by atoms with van der Waals surface area (Å²) in [6.07, 6.45) is 2.36. The third-order valence-corrected chi connectivity index (χ3v) is 5.25. The van der Waals surface area contributed by atoms with E-state index in [1.807, 2.05) is 54.6 Å². The minimum Gasteiger partial charge on any atom is -0.303 e. The standard InChI is InChI=1S/C21H19BrN6O2/c1-27-18-17(19(29)25-21(27)30)28(12-11-14-5-3-2-4-6-14)20(24-18)26-23-13-15-7-9-16(22)10-8-15/h2-10,13H,11-12H2,1H3,(H,24,26)(H,25,29,30)/b23-13+. The van der Waals surface area contributed by atoms with Crippen LogP contribution in [-0.4, -0.2) is 25.3 Å². The molecule has 2 aromatic carbocycles.